The molecule has 0 fully saturated rings. The average molecular weight is 574 g/mol. The van der Waals surface area contributed by atoms with Gasteiger partial charge in [0, 0.05) is 17.7 Å². The first-order valence-corrected chi connectivity index (χ1v) is 13.5. The number of amidine groups is 1. The molecule has 0 aromatic heterocycles. The van der Waals surface area contributed by atoms with Crippen molar-refractivity contribution in [2.24, 2.45) is 4.99 Å². The molecule has 0 saturated heterocycles. The van der Waals surface area contributed by atoms with Crippen molar-refractivity contribution in [1.29, 1.82) is 0 Å². The van der Waals surface area contributed by atoms with Gasteiger partial charge in [0.15, 0.2) is 14.6 Å². The predicted molar refractivity (Wildman–Crippen MR) is 139 cm³/mol. The molecule has 1 aromatic rings. The largest absolute Gasteiger partial charge is 0.443 e. The van der Waals surface area contributed by atoms with Crippen molar-refractivity contribution in [2.75, 3.05) is 12.4 Å². The summed E-state index contributed by atoms with van der Waals surface area (Å²) in [6.07, 6.45) is -2.39. The number of alkyl halides is 1. The molecule has 39 heavy (non-hydrogen) atoms. The molecule has 0 saturated carbocycles. The van der Waals surface area contributed by atoms with Crippen molar-refractivity contribution in [2.45, 2.75) is 76.4 Å². The van der Waals surface area contributed by atoms with Gasteiger partial charge in [-0.05, 0) is 61.0 Å². The first-order valence-electron chi connectivity index (χ1n) is 11.8. The highest BCUT2D eigenvalue weighted by molar-refractivity contribution is 7.93. The molecule has 0 aliphatic carbocycles. The highest BCUT2D eigenvalue weighted by Crippen LogP contribution is 2.43. The summed E-state index contributed by atoms with van der Waals surface area (Å²) in [6, 6.07) is 2.44. The second kappa shape index (κ2) is 10.6. The zero-order valence-electron chi connectivity index (χ0n) is 22.9. The van der Waals surface area contributed by atoms with Crippen LogP contribution in [0.1, 0.15) is 60.5 Å². The summed E-state index contributed by atoms with van der Waals surface area (Å²) in [5.41, 5.74) is -5.61. The highest BCUT2D eigenvalue weighted by Gasteiger charge is 2.60. The third kappa shape index (κ3) is 6.60. The quantitative estimate of drug-likeness (QED) is 0.264. The number of aliphatic imine (C=N–C) groups is 1. The van der Waals surface area contributed by atoms with Crippen LogP contribution >= 0.6 is 0 Å². The second-order valence-electron chi connectivity index (χ2n) is 11.3. The molecule has 1 aliphatic heterocycles. The second-order valence-corrected chi connectivity index (χ2v) is 13.6. The van der Waals surface area contributed by atoms with Crippen molar-refractivity contribution < 1.29 is 41.2 Å². The number of carbonyl (C=O) groups excluding carboxylic acids is 2. The van der Waals surface area contributed by atoms with Gasteiger partial charge in [0.1, 0.15) is 35.1 Å². The van der Waals surface area contributed by atoms with Crippen LogP contribution in [0.3, 0.4) is 0 Å². The third-order valence-corrected chi connectivity index (χ3v) is 8.21. The number of sulfone groups is 1. The van der Waals surface area contributed by atoms with E-state index >= 15 is 4.39 Å². The molecule has 216 valence electrons. The number of hydrogen-bond donors (Lipinski definition) is 0. The molecule has 11 nitrogen and oxygen atoms in total. The Hall–Kier alpha value is -3.42. The standard InChI is InChI=1S/C25H33F2N3O8S/c1-9-12-25(14-26)19(29(20(31)37-22(2,3)4)21(32)38-23(5,6)7)28-24(8,15-39(25,35)36)17-13-16(30(33)34)10-11-18(17)27/h9-11,13H,1,12,14-15H2,2-8H3/t24-,25?/m0/s1. The van der Waals surface area contributed by atoms with Gasteiger partial charge in [-0.25, -0.2) is 26.8 Å². The van der Waals surface area contributed by atoms with Crippen LogP contribution in [0, 0.1) is 15.9 Å². The number of nitrogens with zero attached hydrogens (tertiary/aromatic N) is 3. The number of allylic oxidation sites excluding steroid dienone is 1. The number of non-ortho nitro benzene ring substituents is 1. The molecule has 2 amide bonds. The maximum atomic E-state index is 15.1. The van der Waals surface area contributed by atoms with E-state index < -0.39 is 90.2 Å². The first kappa shape index (κ1) is 31.8. The van der Waals surface area contributed by atoms with Crippen LogP contribution in [-0.2, 0) is 24.8 Å². The Kier molecular flexibility index (Phi) is 8.66. The molecule has 0 radical (unpaired) electrons. The molecule has 1 unspecified atom stereocenters. The zero-order valence-corrected chi connectivity index (χ0v) is 23.7. The van der Waals surface area contributed by atoms with Crippen LogP contribution in [0.25, 0.3) is 0 Å². The van der Waals surface area contributed by atoms with E-state index in [-0.39, 0.29) is 4.90 Å². The van der Waals surface area contributed by atoms with Gasteiger partial charge >= 0.3 is 12.2 Å². The summed E-state index contributed by atoms with van der Waals surface area (Å²) in [7, 11) is -4.72. The van der Waals surface area contributed by atoms with E-state index in [4.69, 9.17) is 9.47 Å². The minimum atomic E-state index is -4.72. The Morgan fingerprint density at radius 2 is 1.69 bits per heavy atom. The van der Waals surface area contributed by atoms with Crippen LogP contribution in [0.15, 0.2) is 35.8 Å². The number of rotatable bonds is 5. The van der Waals surface area contributed by atoms with Gasteiger partial charge < -0.3 is 9.47 Å². The first-order chi connectivity index (χ1) is 17.6. The Labute approximate surface area is 225 Å². The maximum Gasteiger partial charge on any atom is 0.425 e. The molecule has 0 spiro atoms. The summed E-state index contributed by atoms with van der Waals surface area (Å²) in [4.78, 5) is 41.8. The van der Waals surface area contributed by atoms with E-state index in [9.17, 15) is 32.5 Å². The summed E-state index contributed by atoms with van der Waals surface area (Å²) in [5, 5.41) is 11.4. The molecule has 1 aliphatic rings. The molecule has 2 rings (SSSR count). The van der Waals surface area contributed by atoms with Gasteiger partial charge in [0.05, 0.1) is 10.7 Å². The highest BCUT2D eigenvalue weighted by atomic mass is 32.2. The lowest BCUT2D eigenvalue weighted by molar-refractivity contribution is -0.385. The number of amides is 2. The Morgan fingerprint density at radius 3 is 2.10 bits per heavy atom. The van der Waals surface area contributed by atoms with Gasteiger partial charge in [0.25, 0.3) is 5.69 Å². The van der Waals surface area contributed by atoms with Gasteiger partial charge in [-0.15, -0.1) is 6.58 Å². The van der Waals surface area contributed by atoms with Crippen molar-refractivity contribution in [1.82, 2.24) is 4.90 Å². The molecule has 1 heterocycles. The van der Waals surface area contributed by atoms with Crippen molar-refractivity contribution in [3.05, 3.63) is 52.3 Å². The average Bonchev–Trinajstić information content (AvgIpc) is 2.73. The normalized spacial score (nSPS) is 22.8. The van der Waals surface area contributed by atoms with Gasteiger partial charge in [-0.2, -0.15) is 4.90 Å². The van der Waals surface area contributed by atoms with Gasteiger partial charge in [-0.1, -0.05) is 6.08 Å². The van der Waals surface area contributed by atoms with Crippen LogP contribution in [0.5, 0.6) is 0 Å². The van der Waals surface area contributed by atoms with Crippen LogP contribution < -0.4 is 0 Å². The van der Waals surface area contributed by atoms with Crippen molar-refractivity contribution >= 4 is 33.5 Å². The maximum absolute atomic E-state index is 15.1. The number of imide groups is 1. The molecule has 2 atom stereocenters. The van der Waals surface area contributed by atoms with Crippen LogP contribution in [-0.4, -0.2) is 64.6 Å². The SMILES string of the molecule is C=CCC1(CF)C(N(C(=O)OC(C)(C)C)C(=O)OC(C)(C)C)=N[C@](C)(c2cc([N+](=O)[O-])ccc2F)CS1(=O)=O. The van der Waals surface area contributed by atoms with Crippen molar-refractivity contribution in [3.8, 4) is 0 Å². The lowest BCUT2D eigenvalue weighted by Gasteiger charge is -2.43. The summed E-state index contributed by atoms with van der Waals surface area (Å²) < 4.78 is 65.6. The third-order valence-electron chi connectivity index (χ3n) is 5.62. The fraction of sp³-hybridized carbons (Fsp3) is 0.560. The minimum absolute atomic E-state index is 0.184. The van der Waals surface area contributed by atoms with E-state index in [0.29, 0.717) is 0 Å². The monoisotopic (exact) mass is 573 g/mol. The summed E-state index contributed by atoms with van der Waals surface area (Å²) in [6.45, 7) is 11.9. The Bertz CT molecular complexity index is 1290. The number of nitro groups is 1. The van der Waals surface area contributed by atoms with E-state index in [1.165, 1.54) is 41.5 Å². The zero-order chi connectivity index (χ0) is 30.2. The fourth-order valence-electron chi connectivity index (χ4n) is 3.96. The Balaban J connectivity index is 3.03. The Morgan fingerprint density at radius 1 is 1.18 bits per heavy atom. The number of nitro benzene ring substituents is 1. The predicted octanol–water partition coefficient (Wildman–Crippen LogP) is 5.23. The van der Waals surface area contributed by atoms with E-state index in [0.717, 1.165) is 31.2 Å². The molecular formula is C25H33F2N3O8S. The summed E-state index contributed by atoms with van der Waals surface area (Å²) in [5.74, 6) is -2.97. The molecule has 0 N–H and O–H groups in total. The topological polar surface area (TPSA) is 145 Å². The lowest BCUT2D eigenvalue weighted by Crippen LogP contribution is -2.64. The molecule has 14 heteroatoms. The van der Waals surface area contributed by atoms with Gasteiger partial charge in [-0.3, -0.25) is 15.1 Å². The number of ether oxygens (including phenoxy) is 2. The van der Waals surface area contributed by atoms with Crippen LogP contribution in [0.2, 0.25) is 0 Å². The number of halogens is 2. The van der Waals surface area contributed by atoms with Crippen LogP contribution in [0.4, 0.5) is 24.1 Å². The molecular weight excluding hydrogens is 540 g/mol. The van der Waals surface area contributed by atoms with E-state index in [1.807, 2.05) is 0 Å². The number of hydrogen-bond acceptors (Lipinski definition) is 9. The summed E-state index contributed by atoms with van der Waals surface area (Å²) >= 11 is 0. The van der Waals surface area contributed by atoms with Crippen molar-refractivity contribution in [3.63, 3.8) is 0 Å². The fourth-order valence-corrected chi connectivity index (χ4v) is 6.15. The number of carbonyl (C=O) groups is 2. The molecule has 0 bridgehead atoms. The van der Waals surface area contributed by atoms with E-state index in [2.05, 4.69) is 11.6 Å². The van der Waals surface area contributed by atoms with Gasteiger partial charge in [0.2, 0.25) is 0 Å². The minimum Gasteiger partial charge on any atom is -0.443 e. The smallest absolute Gasteiger partial charge is 0.425 e. The molecule has 1 aromatic carbocycles. The van der Waals surface area contributed by atoms with E-state index in [1.54, 1.807) is 0 Å². The number of benzene rings is 1. The lowest BCUT2D eigenvalue weighted by atomic mass is 9.92.